The van der Waals surface area contributed by atoms with Crippen LogP contribution in [0.5, 0.6) is 11.6 Å². The lowest BCUT2D eigenvalue weighted by Crippen LogP contribution is -2.62. The quantitative estimate of drug-likeness (QED) is 0.420. The summed E-state index contributed by atoms with van der Waals surface area (Å²) in [5, 5.41) is 8.18. The zero-order valence-electron chi connectivity index (χ0n) is 24.5. The highest BCUT2D eigenvalue weighted by atomic mass is 19.1. The number of carbonyl (C=O) groups is 1. The molecule has 0 unspecified atom stereocenters. The van der Waals surface area contributed by atoms with Crippen LogP contribution >= 0.6 is 0 Å². The number of likely N-dealkylation sites (tertiary alicyclic amines) is 1. The molecule has 0 bridgehead atoms. The van der Waals surface area contributed by atoms with E-state index in [9.17, 15) is 9.18 Å². The van der Waals surface area contributed by atoms with Gasteiger partial charge in [0, 0.05) is 50.2 Å². The fourth-order valence-electron chi connectivity index (χ4n) is 6.05. The second-order valence-electron chi connectivity index (χ2n) is 12.0. The lowest BCUT2D eigenvalue weighted by atomic mass is 9.76. The number of carbonyl (C=O) groups excluding carboxylic acids is 1. The van der Waals surface area contributed by atoms with Gasteiger partial charge in [0.15, 0.2) is 5.82 Å². The van der Waals surface area contributed by atoms with Crippen LogP contribution in [0.25, 0.3) is 0 Å². The van der Waals surface area contributed by atoms with Crippen LogP contribution in [0.2, 0.25) is 0 Å². The first kappa shape index (κ1) is 29.1. The van der Waals surface area contributed by atoms with E-state index in [1.807, 2.05) is 20.8 Å². The molecule has 1 atom stereocenters. The van der Waals surface area contributed by atoms with Crippen molar-refractivity contribution in [2.24, 2.45) is 11.3 Å². The van der Waals surface area contributed by atoms with Crippen LogP contribution in [0.15, 0.2) is 24.5 Å². The molecule has 0 saturated carbocycles. The molecule has 2 saturated heterocycles. The molecule has 2 fully saturated rings. The van der Waals surface area contributed by atoms with E-state index < -0.39 is 5.82 Å². The molecule has 1 spiro atoms. The van der Waals surface area contributed by atoms with E-state index in [4.69, 9.17) is 4.74 Å². The Bertz CT molecular complexity index is 1140. The van der Waals surface area contributed by atoms with Crippen LogP contribution in [0.4, 0.5) is 10.2 Å². The van der Waals surface area contributed by atoms with E-state index >= 15 is 0 Å². The van der Waals surface area contributed by atoms with Crippen molar-refractivity contribution in [1.82, 2.24) is 29.9 Å². The van der Waals surface area contributed by atoms with Gasteiger partial charge in [-0.15, -0.1) is 10.2 Å². The lowest BCUT2D eigenvalue weighted by Gasteiger charge is -2.53. The summed E-state index contributed by atoms with van der Waals surface area (Å²) in [6.07, 6.45) is 3.67. The number of ether oxygens (including phenoxy) is 1. The third-order valence-corrected chi connectivity index (χ3v) is 8.10. The Balaban J connectivity index is 1.49. The second-order valence-corrected chi connectivity index (χ2v) is 12.0. The minimum atomic E-state index is -0.496. The molecular weight excluding hydrogens is 497 g/mol. The highest BCUT2D eigenvalue weighted by molar-refractivity contribution is 5.97. The van der Waals surface area contributed by atoms with Gasteiger partial charge in [-0.2, -0.15) is 0 Å². The molecule has 3 heterocycles. The average molecular weight is 542 g/mol. The van der Waals surface area contributed by atoms with Gasteiger partial charge in [0.25, 0.3) is 11.8 Å². The van der Waals surface area contributed by atoms with E-state index in [-0.39, 0.29) is 34.6 Å². The summed E-state index contributed by atoms with van der Waals surface area (Å²) in [7, 11) is 4.27. The molecule has 39 heavy (non-hydrogen) atoms. The first-order valence-electron chi connectivity index (χ1n) is 14.1. The number of rotatable bonds is 11. The SMILES string of the molecule is CCN(C(=O)c1cc(F)ccc1Oc1nncnc1N1CCC2(C1)CN([C@@H](CCN(C)C)C(C)C)C2)C(C)C. The predicted octanol–water partition coefficient (Wildman–Crippen LogP) is 4.16. The number of nitrogens with zero attached hydrogens (tertiary/aromatic N) is 7. The van der Waals surface area contributed by atoms with Crippen molar-refractivity contribution < 1.29 is 13.9 Å². The van der Waals surface area contributed by atoms with E-state index in [0.29, 0.717) is 24.3 Å². The number of benzene rings is 1. The van der Waals surface area contributed by atoms with Crippen LogP contribution in [-0.4, -0.2) is 101 Å². The molecule has 2 aliphatic heterocycles. The molecule has 0 radical (unpaired) electrons. The van der Waals surface area contributed by atoms with Crippen molar-refractivity contribution in [3.63, 3.8) is 0 Å². The van der Waals surface area contributed by atoms with Crippen LogP contribution in [-0.2, 0) is 0 Å². The zero-order valence-corrected chi connectivity index (χ0v) is 24.5. The molecule has 10 heteroatoms. The summed E-state index contributed by atoms with van der Waals surface area (Å²) in [6, 6.07) is 4.53. The smallest absolute Gasteiger partial charge is 0.282 e. The summed E-state index contributed by atoms with van der Waals surface area (Å²) in [6.45, 7) is 15.9. The van der Waals surface area contributed by atoms with E-state index in [1.54, 1.807) is 4.90 Å². The first-order chi connectivity index (χ1) is 18.5. The van der Waals surface area contributed by atoms with Crippen molar-refractivity contribution >= 4 is 11.7 Å². The number of halogens is 1. The molecule has 2 aliphatic rings. The Morgan fingerprint density at radius 2 is 1.92 bits per heavy atom. The van der Waals surface area contributed by atoms with Crippen molar-refractivity contribution in [2.75, 3.05) is 58.3 Å². The molecule has 9 nitrogen and oxygen atoms in total. The highest BCUT2D eigenvalue weighted by Crippen LogP contribution is 2.44. The van der Waals surface area contributed by atoms with Gasteiger partial charge in [0.05, 0.1) is 5.56 Å². The maximum absolute atomic E-state index is 14.2. The molecule has 1 aromatic carbocycles. The van der Waals surface area contributed by atoms with E-state index in [0.717, 1.165) is 39.1 Å². The van der Waals surface area contributed by atoms with Gasteiger partial charge < -0.3 is 19.4 Å². The Morgan fingerprint density at radius 1 is 1.18 bits per heavy atom. The molecule has 214 valence electrons. The van der Waals surface area contributed by atoms with Crippen LogP contribution in [0, 0.1) is 17.2 Å². The molecule has 1 aromatic heterocycles. The largest absolute Gasteiger partial charge is 0.434 e. The summed E-state index contributed by atoms with van der Waals surface area (Å²) in [5.74, 6) is 0.900. The minimum absolute atomic E-state index is 0.0339. The third-order valence-electron chi connectivity index (χ3n) is 8.10. The number of anilines is 1. The normalized spacial score (nSPS) is 17.8. The van der Waals surface area contributed by atoms with Gasteiger partial charge in [0.2, 0.25) is 0 Å². The average Bonchev–Trinajstić information content (AvgIpc) is 3.30. The van der Waals surface area contributed by atoms with Gasteiger partial charge in [0.1, 0.15) is 17.9 Å². The lowest BCUT2D eigenvalue weighted by molar-refractivity contribution is -0.0349. The van der Waals surface area contributed by atoms with Gasteiger partial charge in [-0.1, -0.05) is 13.8 Å². The zero-order chi connectivity index (χ0) is 28.3. The van der Waals surface area contributed by atoms with Crippen molar-refractivity contribution in [3.8, 4) is 11.6 Å². The molecule has 4 rings (SSSR count). The Kier molecular flexibility index (Phi) is 9.06. The monoisotopic (exact) mass is 541 g/mol. The van der Waals surface area contributed by atoms with E-state index in [1.165, 1.54) is 30.9 Å². The standard InChI is InChI=1S/C29H44FN7O2/c1-8-37(21(4)5)28(38)23-15-22(30)9-10-25(23)39-27-26(31-19-32-33-27)35-14-12-29(16-35)17-36(18-29)24(20(2)3)11-13-34(6)7/h9-10,15,19-21,24H,8,11-14,16-18H2,1-7H3/t24-/m0/s1. The van der Waals surface area contributed by atoms with Gasteiger partial charge in [-0.3, -0.25) is 9.69 Å². The molecular formula is C29H44FN7O2. The number of hydrogen-bond acceptors (Lipinski definition) is 8. The summed E-state index contributed by atoms with van der Waals surface area (Å²) in [5.41, 5.74) is 0.385. The Labute approximate surface area is 232 Å². The Morgan fingerprint density at radius 3 is 2.56 bits per heavy atom. The second kappa shape index (κ2) is 12.1. The fourth-order valence-corrected chi connectivity index (χ4v) is 6.05. The number of amides is 1. The molecule has 0 aliphatic carbocycles. The van der Waals surface area contributed by atoms with Gasteiger partial charge >= 0.3 is 0 Å². The topological polar surface area (TPSA) is 77.9 Å². The third kappa shape index (κ3) is 6.49. The minimum Gasteiger partial charge on any atom is -0.434 e. The number of aromatic nitrogens is 3. The van der Waals surface area contributed by atoms with Gasteiger partial charge in [-0.05, 0) is 78.4 Å². The first-order valence-corrected chi connectivity index (χ1v) is 14.1. The number of hydrogen-bond donors (Lipinski definition) is 0. The Hall–Kier alpha value is -2.85. The molecule has 0 N–H and O–H groups in total. The summed E-state index contributed by atoms with van der Waals surface area (Å²) < 4.78 is 20.4. The summed E-state index contributed by atoms with van der Waals surface area (Å²) in [4.78, 5) is 26.6. The van der Waals surface area contributed by atoms with Gasteiger partial charge in [-0.25, -0.2) is 9.37 Å². The van der Waals surface area contributed by atoms with Crippen molar-refractivity contribution in [1.29, 1.82) is 0 Å². The predicted molar refractivity (Wildman–Crippen MR) is 151 cm³/mol. The van der Waals surface area contributed by atoms with Crippen molar-refractivity contribution in [3.05, 3.63) is 35.9 Å². The molecule has 2 aromatic rings. The van der Waals surface area contributed by atoms with Crippen LogP contribution < -0.4 is 9.64 Å². The van der Waals surface area contributed by atoms with Crippen molar-refractivity contribution in [2.45, 2.75) is 59.5 Å². The maximum atomic E-state index is 14.2. The van der Waals surface area contributed by atoms with Crippen LogP contribution in [0.1, 0.15) is 57.8 Å². The fraction of sp³-hybridized carbons (Fsp3) is 0.655. The summed E-state index contributed by atoms with van der Waals surface area (Å²) >= 11 is 0. The van der Waals surface area contributed by atoms with Crippen LogP contribution in [0.3, 0.4) is 0 Å². The highest BCUT2D eigenvalue weighted by Gasteiger charge is 2.50. The maximum Gasteiger partial charge on any atom is 0.282 e. The van der Waals surface area contributed by atoms with E-state index in [2.05, 4.69) is 57.8 Å². The molecule has 1 amide bonds.